The van der Waals surface area contributed by atoms with Crippen LogP contribution < -0.4 is 18.9 Å². The number of methoxy groups -OCH3 is 1. The van der Waals surface area contributed by atoms with Crippen LogP contribution in [-0.2, 0) is 30.8 Å². The molecule has 1 N–H and O–H groups in total. The summed E-state index contributed by atoms with van der Waals surface area (Å²) in [6.07, 6.45) is 5.39. The minimum absolute atomic E-state index is 0.0341. The molecular weight excluding hydrogens is 570 g/mol. The second-order valence-corrected chi connectivity index (χ2v) is 11.2. The lowest BCUT2D eigenvalue weighted by atomic mass is 9.82. The van der Waals surface area contributed by atoms with Crippen molar-refractivity contribution in [2.45, 2.75) is 64.8 Å². The highest BCUT2D eigenvalue weighted by molar-refractivity contribution is 5.84. The molecular formula is C31H37N5O8. The minimum atomic E-state index is -1.03. The normalized spacial score (nSPS) is 17.6. The summed E-state index contributed by atoms with van der Waals surface area (Å²) in [5.74, 6) is 2.87. The summed E-state index contributed by atoms with van der Waals surface area (Å²) in [5.41, 5.74) is 5.37. The fourth-order valence-electron chi connectivity index (χ4n) is 6.18. The SMILES string of the molecule is CCCCO/N=C/c1cc(OC)c(OCC(O)Cn2c([N+](=O)[O-])cnc2C)c2c1CC1c3cc4c(cc3CCN1C2)OCO4. The number of nitro groups is 1. The second kappa shape index (κ2) is 12.7. The van der Waals surface area contributed by atoms with Gasteiger partial charge in [0.15, 0.2) is 28.8 Å². The second-order valence-electron chi connectivity index (χ2n) is 11.2. The van der Waals surface area contributed by atoms with Crippen molar-refractivity contribution < 1.29 is 33.8 Å². The van der Waals surface area contributed by atoms with Gasteiger partial charge in [-0.25, -0.2) is 9.55 Å². The number of aliphatic hydroxyl groups excluding tert-OH is 1. The van der Waals surface area contributed by atoms with E-state index < -0.39 is 11.0 Å². The number of hydrogen-bond donors (Lipinski definition) is 1. The van der Waals surface area contributed by atoms with Crippen molar-refractivity contribution in [3.63, 3.8) is 0 Å². The van der Waals surface area contributed by atoms with Crippen molar-refractivity contribution >= 4 is 12.0 Å². The number of aromatic nitrogens is 2. The summed E-state index contributed by atoms with van der Waals surface area (Å²) in [6.45, 7) is 5.85. The first-order valence-corrected chi connectivity index (χ1v) is 14.9. The number of rotatable bonds is 12. The van der Waals surface area contributed by atoms with E-state index >= 15 is 0 Å². The summed E-state index contributed by atoms with van der Waals surface area (Å²) >= 11 is 0. The van der Waals surface area contributed by atoms with Crippen LogP contribution in [0.3, 0.4) is 0 Å². The van der Waals surface area contributed by atoms with Crippen molar-refractivity contribution in [3.05, 3.63) is 68.2 Å². The highest BCUT2D eigenvalue weighted by atomic mass is 16.7. The van der Waals surface area contributed by atoms with Crippen molar-refractivity contribution in [2.75, 3.05) is 33.7 Å². The number of aliphatic hydroxyl groups is 1. The average Bonchev–Trinajstić information content (AvgIpc) is 3.63. The molecule has 0 saturated heterocycles. The molecule has 0 radical (unpaired) electrons. The van der Waals surface area contributed by atoms with Gasteiger partial charge in [-0.05, 0) is 59.1 Å². The molecule has 3 aliphatic rings. The summed E-state index contributed by atoms with van der Waals surface area (Å²) in [5, 5.41) is 26.6. The number of benzene rings is 2. The lowest BCUT2D eigenvalue weighted by Gasteiger charge is -2.42. The first-order chi connectivity index (χ1) is 21.4. The maximum atomic E-state index is 11.4. The highest BCUT2D eigenvalue weighted by Gasteiger charge is 2.37. The third kappa shape index (κ3) is 5.76. The van der Waals surface area contributed by atoms with Gasteiger partial charge in [0.05, 0.1) is 13.3 Å². The van der Waals surface area contributed by atoms with Crippen LogP contribution in [-0.4, -0.2) is 70.5 Å². The van der Waals surface area contributed by atoms with Crippen LogP contribution in [0.2, 0.25) is 0 Å². The maximum Gasteiger partial charge on any atom is 0.342 e. The smallest absolute Gasteiger partial charge is 0.342 e. The fraction of sp³-hybridized carbons (Fsp3) is 0.484. The summed E-state index contributed by atoms with van der Waals surface area (Å²) in [4.78, 5) is 22.9. The molecule has 13 nitrogen and oxygen atoms in total. The van der Waals surface area contributed by atoms with E-state index in [4.69, 9.17) is 23.8 Å². The van der Waals surface area contributed by atoms with E-state index in [9.17, 15) is 15.2 Å². The lowest BCUT2D eigenvalue weighted by molar-refractivity contribution is -0.392. The molecule has 2 unspecified atom stereocenters. The summed E-state index contributed by atoms with van der Waals surface area (Å²) in [7, 11) is 1.58. The monoisotopic (exact) mass is 607 g/mol. The molecule has 0 saturated carbocycles. The van der Waals surface area contributed by atoms with E-state index in [1.165, 1.54) is 21.9 Å². The van der Waals surface area contributed by atoms with Gasteiger partial charge in [-0.15, -0.1) is 0 Å². The molecule has 3 aromatic rings. The van der Waals surface area contributed by atoms with Crippen LogP contribution in [0.1, 0.15) is 59.4 Å². The zero-order chi connectivity index (χ0) is 30.8. The Morgan fingerprint density at radius 1 is 1.27 bits per heavy atom. The average molecular weight is 608 g/mol. The minimum Gasteiger partial charge on any atom is -0.493 e. The van der Waals surface area contributed by atoms with Crippen LogP contribution in [0.5, 0.6) is 23.0 Å². The van der Waals surface area contributed by atoms with Crippen LogP contribution in [0.25, 0.3) is 0 Å². The first kappa shape index (κ1) is 29.7. The Bertz CT molecular complexity index is 1570. The predicted octanol–water partition coefficient (Wildman–Crippen LogP) is 4.08. The van der Waals surface area contributed by atoms with Crippen molar-refractivity contribution in [3.8, 4) is 23.0 Å². The number of fused-ring (bicyclic) bond motifs is 5. The lowest BCUT2D eigenvalue weighted by Crippen LogP contribution is -2.40. The maximum absolute atomic E-state index is 11.4. The molecule has 1 aromatic heterocycles. The number of imidazole rings is 1. The first-order valence-electron chi connectivity index (χ1n) is 14.9. The van der Waals surface area contributed by atoms with Gasteiger partial charge < -0.3 is 39.0 Å². The van der Waals surface area contributed by atoms with Crippen molar-refractivity contribution in [1.82, 2.24) is 14.5 Å². The number of ether oxygens (including phenoxy) is 4. The van der Waals surface area contributed by atoms with E-state index in [0.717, 1.165) is 54.0 Å². The number of unbranched alkanes of at least 4 members (excludes halogenated alkanes) is 1. The predicted molar refractivity (Wildman–Crippen MR) is 160 cm³/mol. The molecule has 234 valence electrons. The number of aryl methyl sites for hydroxylation is 1. The summed E-state index contributed by atoms with van der Waals surface area (Å²) in [6, 6.07) is 6.21. The van der Waals surface area contributed by atoms with E-state index in [1.54, 1.807) is 20.2 Å². The molecule has 0 spiro atoms. The molecule has 0 amide bonds. The Morgan fingerprint density at radius 2 is 2.09 bits per heavy atom. The van der Waals surface area contributed by atoms with Gasteiger partial charge in [-0.2, -0.15) is 0 Å². The number of oxime groups is 1. The van der Waals surface area contributed by atoms with Gasteiger partial charge >= 0.3 is 5.82 Å². The topological polar surface area (TPSA) is 143 Å². The van der Waals surface area contributed by atoms with Gasteiger partial charge in [0, 0.05) is 37.2 Å². The molecule has 0 bridgehead atoms. The van der Waals surface area contributed by atoms with Gasteiger partial charge in [-0.1, -0.05) is 18.5 Å². The number of hydrogen-bond acceptors (Lipinski definition) is 11. The third-order valence-electron chi connectivity index (χ3n) is 8.47. The van der Waals surface area contributed by atoms with Gasteiger partial charge in [-0.3, -0.25) is 4.90 Å². The third-order valence-corrected chi connectivity index (χ3v) is 8.47. The van der Waals surface area contributed by atoms with Crippen LogP contribution in [0, 0.1) is 17.0 Å². The van der Waals surface area contributed by atoms with E-state index in [1.807, 2.05) is 6.07 Å². The van der Waals surface area contributed by atoms with E-state index in [2.05, 4.69) is 34.1 Å². The Balaban J connectivity index is 1.31. The molecule has 0 aliphatic carbocycles. The highest BCUT2D eigenvalue weighted by Crippen LogP contribution is 2.47. The molecule has 6 rings (SSSR count). The van der Waals surface area contributed by atoms with Crippen LogP contribution in [0.15, 0.2) is 29.6 Å². The standard InChI is InChI=1S/C31H37N5O8/c1-4-5-8-44-33-13-21-10-29(40-3)31(41-17-22(37)15-35-19(2)32-14-30(35)36(38)39)25-16-34-7-6-20-9-27-28(43-18-42-27)12-24(20)26(34)11-23(21)25/h9-10,12-14,22,26,37H,4-8,11,15-18H2,1-3H3/b33-13+. The quantitative estimate of drug-likeness (QED) is 0.138. The van der Waals surface area contributed by atoms with Gasteiger partial charge in [0.1, 0.15) is 32.1 Å². The zero-order valence-electron chi connectivity index (χ0n) is 25.2. The van der Waals surface area contributed by atoms with Crippen molar-refractivity contribution in [1.29, 1.82) is 0 Å². The van der Waals surface area contributed by atoms with Gasteiger partial charge in [0.2, 0.25) is 6.79 Å². The van der Waals surface area contributed by atoms with Crippen LogP contribution >= 0.6 is 0 Å². The van der Waals surface area contributed by atoms with E-state index in [0.29, 0.717) is 36.9 Å². The molecule has 3 aliphatic heterocycles. The Morgan fingerprint density at radius 3 is 2.86 bits per heavy atom. The number of nitrogens with zero attached hydrogens (tertiary/aromatic N) is 5. The van der Waals surface area contributed by atoms with Gasteiger partial charge in [0.25, 0.3) is 0 Å². The molecule has 13 heteroatoms. The van der Waals surface area contributed by atoms with E-state index in [-0.39, 0.29) is 31.8 Å². The largest absolute Gasteiger partial charge is 0.493 e. The summed E-state index contributed by atoms with van der Waals surface area (Å²) < 4.78 is 24.8. The fourth-order valence-corrected chi connectivity index (χ4v) is 6.18. The zero-order valence-corrected chi connectivity index (χ0v) is 25.2. The molecule has 44 heavy (non-hydrogen) atoms. The Kier molecular flexibility index (Phi) is 8.58. The Hall–Kier alpha value is -4.36. The molecule has 2 atom stereocenters. The van der Waals surface area contributed by atoms with Crippen molar-refractivity contribution in [2.24, 2.45) is 5.16 Å². The molecule has 0 fully saturated rings. The Labute approximate surface area is 255 Å². The molecule has 4 heterocycles. The molecule has 2 aromatic carbocycles. The van der Waals surface area contributed by atoms with Crippen LogP contribution in [0.4, 0.5) is 5.82 Å².